The Morgan fingerprint density at radius 1 is 1.44 bits per heavy atom. The predicted octanol–water partition coefficient (Wildman–Crippen LogP) is 2.48. The van der Waals surface area contributed by atoms with Gasteiger partial charge in [-0.25, -0.2) is 0 Å². The molecule has 0 aliphatic heterocycles. The molecule has 3 nitrogen and oxygen atoms in total. The van der Waals surface area contributed by atoms with Crippen LogP contribution in [0.1, 0.15) is 29.9 Å². The fourth-order valence-electron chi connectivity index (χ4n) is 1.85. The Morgan fingerprint density at radius 3 is 3.00 bits per heavy atom. The van der Waals surface area contributed by atoms with Gasteiger partial charge in [-0.3, -0.25) is 4.98 Å². The summed E-state index contributed by atoms with van der Waals surface area (Å²) >= 11 is 0. The second-order valence-corrected chi connectivity index (χ2v) is 3.82. The third kappa shape index (κ3) is 2.31. The molecule has 0 aliphatic carbocycles. The number of furan rings is 1. The molecule has 0 amide bonds. The van der Waals surface area contributed by atoms with Crippen LogP contribution in [0.2, 0.25) is 0 Å². The van der Waals surface area contributed by atoms with Crippen molar-refractivity contribution >= 4 is 0 Å². The molecule has 0 radical (unpaired) electrons. The van der Waals surface area contributed by atoms with E-state index in [1.54, 1.807) is 12.5 Å². The van der Waals surface area contributed by atoms with Crippen LogP contribution in [0, 0.1) is 0 Å². The minimum Gasteiger partial charge on any atom is -0.469 e. The Morgan fingerprint density at radius 2 is 2.31 bits per heavy atom. The van der Waals surface area contributed by atoms with Crippen molar-refractivity contribution in [2.75, 3.05) is 0 Å². The van der Waals surface area contributed by atoms with Gasteiger partial charge >= 0.3 is 0 Å². The number of nitrogens with zero attached hydrogens (tertiary/aromatic N) is 1. The molecule has 1 unspecified atom stereocenters. The minimum atomic E-state index is -0.0158. The first kappa shape index (κ1) is 10.9. The van der Waals surface area contributed by atoms with Crippen LogP contribution in [-0.4, -0.2) is 4.98 Å². The Hall–Kier alpha value is -1.61. The summed E-state index contributed by atoms with van der Waals surface area (Å²) in [7, 11) is 0. The zero-order chi connectivity index (χ0) is 11.4. The van der Waals surface area contributed by atoms with Gasteiger partial charge in [0.15, 0.2) is 0 Å². The molecule has 0 bridgehead atoms. The van der Waals surface area contributed by atoms with E-state index in [1.807, 2.05) is 24.4 Å². The van der Waals surface area contributed by atoms with E-state index >= 15 is 0 Å². The van der Waals surface area contributed by atoms with Gasteiger partial charge in [-0.2, -0.15) is 0 Å². The first-order chi connectivity index (χ1) is 7.81. The monoisotopic (exact) mass is 216 g/mol. The van der Waals surface area contributed by atoms with Gasteiger partial charge in [0.2, 0.25) is 0 Å². The van der Waals surface area contributed by atoms with Crippen LogP contribution in [0.5, 0.6) is 0 Å². The van der Waals surface area contributed by atoms with Gasteiger partial charge in [0.25, 0.3) is 0 Å². The van der Waals surface area contributed by atoms with Crippen molar-refractivity contribution in [2.24, 2.45) is 5.73 Å². The van der Waals surface area contributed by atoms with Crippen molar-refractivity contribution in [1.82, 2.24) is 4.98 Å². The topological polar surface area (TPSA) is 52.0 Å². The van der Waals surface area contributed by atoms with Crippen molar-refractivity contribution in [3.8, 4) is 0 Å². The summed E-state index contributed by atoms with van der Waals surface area (Å²) in [6, 6.07) is 5.91. The first-order valence-corrected chi connectivity index (χ1v) is 5.52. The van der Waals surface area contributed by atoms with E-state index < -0.39 is 0 Å². The highest BCUT2D eigenvalue weighted by atomic mass is 16.3. The SMILES string of the molecule is CCc1occc1C(N)Cc1cccnc1. The fraction of sp³-hybridized carbons (Fsp3) is 0.308. The summed E-state index contributed by atoms with van der Waals surface area (Å²) in [6.45, 7) is 2.07. The van der Waals surface area contributed by atoms with Gasteiger partial charge in [-0.05, 0) is 24.1 Å². The maximum Gasteiger partial charge on any atom is 0.108 e. The van der Waals surface area contributed by atoms with Crippen LogP contribution >= 0.6 is 0 Å². The van der Waals surface area contributed by atoms with Crippen molar-refractivity contribution in [1.29, 1.82) is 0 Å². The number of aromatic nitrogens is 1. The van der Waals surface area contributed by atoms with Crippen molar-refractivity contribution < 1.29 is 4.42 Å². The average Bonchev–Trinajstić information content (AvgIpc) is 2.78. The van der Waals surface area contributed by atoms with Gasteiger partial charge in [0.05, 0.1) is 6.26 Å². The number of rotatable bonds is 4. The van der Waals surface area contributed by atoms with E-state index in [9.17, 15) is 0 Å². The van der Waals surface area contributed by atoms with E-state index in [1.165, 1.54) is 0 Å². The Balaban J connectivity index is 2.11. The summed E-state index contributed by atoms with van der Waals surface area (Å²) in [6.07, 6.45) is 7.00. The summed E-state index contributed by atoms with van der Waals surface area (Å²) in [5.74, 6) is 0.983. The molecule has 0 saturated carbocycles. The molecule has 2 rings (SSSR count). The van der Waals surface area contributed by atoms with Gasteiger partial charge < -0.3 is 10.2 Å². The molecule has 2 heterocycles. The highest BCUT2D eigenvalue weighted by Crippen LogP contribution is 2.21. The summed E-state index contributed by atoms with van der Waals surface area (Å²) in [4.78, 5) is 4.08. The van der Waals surface area contributed by atoms with Gasteiger partial charge in [0.1, 0.15) is 5.76 Å². The maximum absolute atomic E-state index is 6.16. The number of nitrogens with two attached hydrogens (primary N) is 1. The zero-order valence-electron chi connectivity index (χ0n) is 9.39. The van der Waals surface area contributed by atoms with Crippen molar-refractivity contribution in [2.45, 2.75) is 25.8 Å². The highest BCUT2D eigenvalue weighted by Gasteiger charge is 2.13. The van der Waals surface area contributed by atoms with Crippen LogP contribution in [0.15, 0.2) is 41.3 Å². The maximum atomic E-state index is 6.16. The molecule has 0 aliphatic rings. The lowest BCUT2D eigenvalue weighted by Crippen LogP contribution is -2.14. The van der Waals surface area contributed by atoms with Gasteiger partial charge in [-0.1, -0.05) is 13.0 Å². The molecule has 3 heteroatoms. The molecule has 0 fully saturated rings. The second kappa shape index (κ2) is 4.94. The summed E-state index contributed by atoms with van der Waals surface area (Å²) in [5.41, 5.74) is 8.41. The molecule has 0 saturated heterocycles. The quantitative estimate of drug-likeness (QED) is 0.854. The Labute approximate surface area is 95.3 Å². The van der Waals surface area contributed by atoms with Crippen molar-refractivity contribution in [3.05, 3.63) is 53.7 Å². The van der Waals surface area contributed by atoms with Gasteiger partial charge in [0, 0.05) is 30.4 Å². The third-order valence-electron chi connectivity index (χ3n) is 2.68. The van der Waals surface area contributed by atoms with Crippen molar-refractivity contribution in [3.63, 3.8) is 0 Å². The van der Waals surface area contributed by atoms with E-state index in [-0.39, 0.29) is 6.04 Å². The number of aryl methyl sites for hydroxylation is 1. The van der Waals surface area contributed by atoms with Crippen LogP contribution in [0.4, 0.5) is 0 Å². The van der Waals surface area contributed by atoms with E-state index in [2.05, 4.69) is 11.9 Å². The van der Waals surface area contributed by atoms with E-state index in [0.717, 1.165) is 29.7 Å². The standard InChI is InChI=1S/C13H16N2O/c1-2-13-11(5-7-16-13)12(14)8-10-4-3-6-15-9-10/h3-7,9,12H,2,8,14H2,1H3. The molecule has 0 spiro atoms. The molecule has 16 heavy (non-hydrogen) atoms. The predicted molar refractivity (Wildman–Crippen MR) is 63.0 cm³/mol. The molecule has 2 N–H and O–H groups in total. The van der Waals surface area contributed by atoms with Crippen LogP contribution in [0.25, 0.3) is 0 Å². The lowest BCUT2D eigenvalue weighted by Gasteiger charge is -2.11. The lowest BCUT2D eigenvalue weighted by molar-refractivity contribution is 0.505. The van der Waals surface area contributed by atoms with Crippen LogP contribution in [-0.2, 0) is 12.8 Å². The Bertz CT molecular complexity index is 436. The number of hydrogen-bond acceptors (Lipinski definition) is 3. The third-order valence-corrected chi connectivity index (χ3v) is 2.68. The highest BCUT2D eigenvalue weighted by molar-refractivity contribution is 5.24. The molecular weight excluding hydrogens is 200 g/mol. The van der Waals surface area contributed by atoms with E-state index in [0.29, 0.717) is 0 Å². The van der Waals surface area contributed by atoms with Crippen LogP contribution < -0.4 is 5.73 Å². The number of pyridine rings is 1. The zero-order valence-corrected chi connectivity index (χ0v) is 9.39. The average molecular weight is 216 g/mol. The fourth-order valence-corrected chi connectivity index (χ4v) is 1.85. The largest absolute Gasteiger partial charge is 0.469 e. The molecule has 2 aromatic rings. The Kier molecular flexibility index (Phi) is 3.37. The number of hydrogen-bond donors (Lipinski definition) is 1. The molecule has 0 aromatic carbocycles. The summed E-state index contributed by atoms with van der Waals surface area (Å²) < 4.78 is 5.38. The molecule has 84 valence electrons. The summed E-state index contributed by atoms with van der Waals surface area (Å²) in [5, 5.41) is 0. The van der Waals surface area contributed by atoms with E-state index in [4.69, 9.17) is 10.2 Å². The normalized spacial score (nSPS) is 12.6. The molecule has 1 atom stereocenters. The minimum absolute atomic E-state index is 0.0158. The van der Waals surface area contributed by atoms with Gasteiger partial charge in [-0.15, -0.1) is 0 Å². The first-order valence-electron chi connectivity index (χ1n) is 5.52. The molecular formula is C13H16N2O. The van der Waals surface area contributed by atoms with Crippen LogP contribution in [0.3, 0.4) is 0 Å². The lowest BCUT2D eigenvalue weighted by atomic mass is 10.0. The molecule has 2 aromatic heterocycles. The smallest absolute Gasteiger partial charge is 0.108 e. The second-order valence-electron chi connectivity index (χ2n) is 3.82.